The molecule has 0 aliphatic heterocycles. The molecule has 0 saturated heterocycles. The normalized spacial score (nSPS) is 11.0. The van der Waals surface area contributed by atoms with Gasteiger partial charge in [0.05, 0.1) is 0 Å². The predicted octanol–water partition coefficient (Wildman–Crippen LogP) is 0.532. The summed E-state index contributed by atoms with van der Waals surface area (Å²) >= 11 is 0. The molecular formula is C6H17KNO4P. The van der Waals surface area contributed by atoms with Crippen molar-refractivity contribution >= 4 is 59.2 Å². The van der Waals surface area contributed by atoms with E-state index in [-0.39, 0.29) is 51.4 Å². The second kappa shape index (κ2) is 10.2. The van der Waals surface area contributed by atoms with Crippen LogP contribution < -0.4 is 5.48 Å². The standard InChI is InChI=1S/C6H16NO4P.K.H/c1-2-3-4-5-6-7-11-12(8,9)10;;/h7H,2-6H2,1H3,(H2,8,9,10);;. The van der Waals surface area contributed by atoms with Crippen molar-refractivity contribution in [2.75, 3.05) is 6.54 Å². The average Bonchev–Trinajstić information content (AvgIpc) is 1.94. The minimum atomic E-state index is -4.33. The first-order chi connectivity index (χ1) is 5.56. The summed E-state index contributed by atoms with van der Waals surface area (Å²) in [6, 6.07) is 0. The summed E-state index contributed by atoms with van der Waals surface area (Å²) in [6.45, 7) is 2.57. The molecule has 0 fully saturated rings. The number of nitrogens with one attached hydrogen (secondary N) is 1. The third-order valence-corrected chi connectivity index (χ3v) is 1.68. The van der Waals surface area contributed by atoms with Crippen LogP contribution >= 0.6 is 7.82 Å². The maximum absolute atomic E-state index is 10.1. The van der Waals surface area contributed by atoms with Gasteiger partial charge in [0, 0.05) is 6.54 Å². The Balaban J connectivity index is 0. The number of hydroxylamine groups is 1. The summed E-state index contributed by atoms with van der Waals surface area (Å²) in [5, 5.41) is 0. The van der Waals surface area contributed by atoms with Crippen molar-refractivity contribution in [2.24, 2.45) is 0 Å². The third-order valence-electron chi connectivity index (χ3n) is 1.32. The quantitative estimate of drug-likeness (QED) is 0.260. The van der Waals surface area contributed by atoms with Crippen LogP contribution in [0.3, 0.4) is 0 Å². The maximum atomic E-state index is 10.1. The molecule has 0 atom stereocenters. The van der Waals surface area contributed by atoms with Gasteiger partial charge < -0.3 is 9.79 Å². The summed E-state index contributed by atoms with van der Waals surface area (Å²) < 4.78 is 14.2. The zero-order valence-electron chi connectivity index (χ0n) is 7.19. The summed E-state index contributed by atoms with van der Waals surface area (Å²) in [5.41, 5.74) is 2.22. The molecule has 0 heterocycles. The van der Waals surface area contributed by atoms with E-state index in [1.54, 1.807) is 0 Å². The van der Waals surface area contributed by atoms with Gasteiger partial charge in [-0.2, -0.15) is 10.1 Å². The zero-order chi connectivity index (χ0) is 9.45. The second-order valence-corrected chi connectivity index (χ2v) is 3.70. The van der Waals surface area contributed by atoms with E-state index in [2.05, 4.69) is 17.0 Å². The zero-order valence-corrected chi connectivity index (χ0v) is 8.09. The predicted molar refractivity (Wildman–Crippen MR) is 52.4 cm³/mol. The Hall–Kier alpha value is 1.71. The van der Waals surface area contributed by atoms with Crippen LogP contribution in [0.15, 0.2) is 0 Å². The van der Waals surface area contributed by atoms with Gasteiger partial charge in [-0.25, -0.2) is 4.57 Å². The molecule has 13 heavy (non-hydrogen) atoms. The van der Waals surface area contributed by atoms with E-state index >= 15 is 0 Å². The topological polar surface area (TPSA) is 78.8 Å². The van der Waals surface area contributed by atoms with Crippen LogP contribution in [0.5, 0.6) is 0 Å². The van der Waals surface area contributed by atoms with Crippen LogP contribution in [0.25, 0.3) is 0 Å². The van der Waals surface area contributed by atoms with E-state index in [9.17, 15) is 4.57 Å². The summed E-state index contributed by atoms with van der Waals surface area (Å²) in [4.78, 5) is 16.5. The fourth-order valence-electron chi connectivity index (χ4n) is 0.754. The van der Waals surface area contributed by atoms with Crippen LogP contribution in [0.2, 0.25) is 0 Å². The number of unbranched alkanes of at least 4 members (excludes halogenated alkanes) is 3. The Morgan fingerprint density at radius 2 is 1.92 bits per heavy atom. The van der Waals surface area contributed by atoms with Crippen molar-refractivity contribution in [3.63, 3.8) is 0 Å². The van der Waals surface area contributed by atoms with Gasteiger partial charge in [0.25, 0.3) is 0 Å². The van der Waals surface area contributed by atoms with Gasteiger partial charge in [0.15, 0.2) is 0 Å². The molecule has 0 aliphatic rings. The van der Waals surface area contributed by atoms with Crippen LogP contribution in [0.1, 0.15) is 32.6 Å². The first kappa shape index (κ1) is 17.1. The number of rotatable bonds is 7. The molecule has 3 N–H and O–H groups in total. The molecule has 5 nitrogen and oxygen atoms in total. The molecule has 76 valence electrons. The molecule has 7 heteroatoms. The van der Waals surface area contributed by atoms with Crippen molar-refractivity contribution in [2.45, 2.75) is 32.6 Å². The van der Waals surface area contributed by atoms with Crippen LogP contribution in [0, 0.1) is 0 Å². The Labute approximate surface area is 121 Å². The summed E-state index contributed by atoms with van der Waals surface area (Å²) in [5.74, 6) is 0. The average molecular weight is 237 g/mol. The molecule has 0 aromatic rings. The SMILES string of the molecule is CCCCCCNOP(=O)(O)O.[KH]. The molecule has 0 rings (SSSR count). The van der Waals surface area contributed by atoms with Crippen molar-refractivity contribution in [3.8, 4) is 0 Å². The molecule has 0 radical (unpaired) electrons. The van der Waals surface area contributed by atoms with Gasteiger partial charge in [0.1, 0.15) is 0 Å². The van der Waals surface area contributed by atoms with E-state index < -0.39 is 7.82 Å². The van der Waals surface area contributed by atoms with E-state index in [1.165, 1.54) is 0 Å². The molecule has 0 aromatic carbocycles. The molecule has 0 spiro atoms. The first-order valence-corrected chi connectivity index (χ1v) is 5.56. The number of hydrogen-bond acceptors (Lipinski definition) is 3. The van der Waals surface area contributed by atoms with Gasteiger partial charge in [-0.05, 0) is 6.42 Å². The number of hydrogen-bond donors (Lipinski definition) is 3. The Bertz CT molecular complexity index is 152. The second-order valence-electron chi connectivity index (χ2n) is 2.54. The molecular weight excluding hydrogens is 220 g/mol. The van der Waals surface area contributed by atoms with Gasteiger partial charge in [-0.3, -0.25) is 0 Å². The molecule has 0 aromatic heterocycles. The van der Waals surface area contributed by atoms with Crippen LogP contribution in [-0.4, -0.2) is 67.7 Å². The van der Waals surface area contributed by atoms with Crippen molar-refractivity contribution in [3.05, 3.63) is 0 Å². The van der Waals surface area contributed by atoms with E-state index in [1.807, 2.05) is 0 Å². The minimum absolute atomic E-state index is 0. The van der Waals surface area contributed by atoms with Crippen LogP contribution in [-0.2, 0) is 9.19 Å². The van der Waals surface area contributed by atoms with Crippen LogP contribution in [0.4, 0.5) is 0 Å². The third kappa shape index (κ3) is 16.4. The van der Waals surface area contributed by atoms with Gasteiger partial charge in [-0.15, -0.1) is 0 Å². The Kier molecular flexibility index (Phi) is 13.5. The molecule has 0 unspecified atom stereocenters. The van der Waals surface area contributed by atoms with Crippen molar-refractivity contribution < 1.29 is 19.0 Å². The van der Waals surface area contributed by atoms with E-state index in [4.69, 9.17) is 9.79 Å². The summed E-state index contributed by atoms with van der Waals surface area (Å²) in [7, 11) is -4.33. The molecule has 0 aliphatic carbocycles. The molecule has 0 saturated carbocycles. The Morgan fingerprint density at radius 1 is 1.31 bits per heavy atom. The fourth-order valence-corrected chi connectivity index (χ4v) is 1.01. The van der Waals surface area contributed by atoms with Gasteiger partial charge >= 0.3 is 59.2 Å². The fraction of sp³-hybridized carbons (Fsp3) is 1.00. The first-order valence-electron chi connectivity index (χ1n) is 4.03. The van der Waals surface area contributed by atoms with Crippen molar-refractivity contribution in [1.29, 1.82) is 0 Å². The van der Waals surface area contributed by atoms with E-state index in [0.29, 0.717) is 6.54 Å². The Morgan fingerprint density at radius 3 is 2.38 bits per heavy atom. The van der Waals surface area contributed by atoms with Gasteiger partial charge in [0.2, 0.25) is 0 Å². The summed E-state index contributed by atoms with van der Waals surface area (Å²) in [6.07, 6.45) is 4.19. The monoisotopic (exact) mass is 237 g/mol. The number of phosphoric acid groups is 1. The molecule has 0 amide bonds. The van der Waals surface area contributed by atoms with Gasteiger partial charge in [-0.1, -0.05) is 26.2 Å². The van der Waals surface area contributed by atoms with E-state index in [0.717, 1.165) is 25.7 Å². The molecule has 0 bridgehead atoms. The van der Waals surface area contributed by atoms with Crippen molar-refractivity contribution in [1.82, 2.24) is 5.48 Å².